The Morgan fingerprint density at radius 3 is 2.95 bits per heavy atom. The monoisotopic (exact) mass is 286 g/mol. The highest BCUT2D eigenvalue weighted by atomic mass is 32.2. The smallest absolute Gasteiger partial charge is 0.260 e. The highest BCUT2D eigenvalue weighted by Crippen LogP contribution is 2.35. The van der Waals surface area contributed by atoms with Crippen LogP contribution < -0.4 is 10.9 Å². The maximum absolute atomic E-state index is 12.2. The van der Waals surface area contributed by atoms with Crippen LogP contribution in [0.1, 0.15) is 28.4 Å². The summed E-state index contributed by atoms with van der Waals surface area (Å²) in [5.74, 6) is 0.645. The highest BCUT2D eigenvalue weighted by molar-refractivity contribution is 7.99. The molecular weight excluding hydrogens is 272 g/mol. The van der Waals surface area contributed by atoms with Gasteiger partial charge in [-0.15, -0.1) is 11.8 Å². The summed E-state index contributed by atoms with van der Waals surface area (Å²) < 4.78 is 0. The molecule has 2 aromatic rings. The minimum atomic E-state index is -0.358. The lowest BCUT2D eigenvalue weighted by atomic mass is 10.0. The third-order valence-corrected chi connectivity index (χ3v) is 4.45. The molecule has 0 saturated carbocycles. The van der Waals surface area contributed by atoms with Crippen LogP contribution in [0.25, 0.3) is 0 Å². The van der Waals surface area contributed by atoms with E-state index in [1.807, 2.05) is 18.2 Å². The molecule has 1 aliphatic heterocycles. The summed E-state index contributed by atoms with van der Waals surface area (Å²) in [5, 5.41) is 2.96. The minimum Gasteiger partial charge on any atom is -0.345 e. The van der Waals surface area contributed by atoms with Gasteiger partial charge < -0.3 is 10.3 Å². The molecule has 2 N–H and O–H groups in total. The minimum absolute atomic E-state index is 0.0282. The molecule has 102 valence electrons. The van der Waals surface area contributed by atoms with Gasteiger partial charge >= 0.3 is 0 Å². The molecule has 1 aromatic carbocycles. The molecule has 0 saturated heterocycles. The average molecular weight is 286 g/mol. The topological polar surface area (TPSA) is 62.0 Å². The molecule has 1 amide bonds. The highest BCUT2D eigenvalue weighted by Gasteiger charge is 2.23. The second-order valence-corrected chi connectivity index (χ2v) is 5.75. The number of pyridine rings is 1. The van der Waals surface area contributed by atoms with E-state index >= 15 is 0 Å². The lowest BCUT2D eigenvalue weighted by Gasteiger charge is -2.25. The van der Waals surface area contributed by atoms with Crippen LogP contribution in [0.2, 0.25) is 0 Å². The van der Waals surface area contributed by atoms with Crippen LogP contribution in [0.3, 0.4) is 0 Å². The number of amides is 1. The molecule has 20 heavy (non-hydrogen) atoms. The van der Waals surface area contributed by atoms with E-state index in [0.717, 1.165) is 17.7 Å². The van der Waals surface area contributed by atoms with Gasteiger partial charge in [0.1, 0.15) is 5.56 Å². The Hall–Kier alpha value is -2.01. The zero-order valence-electron chi connectivity index (χ0n) is 10.8. The lowest BCUT2D eigenvalue weighted by Crippen LogP contribution is -2.34. The Labute approximate surface area is 120 Å². The molecule has 1 aromatic heterocycles. The van der Waals surface area contributed by atoms with Crippen molar-refractivity contribution in [3.8, 4) is 0 Å². The predicted octanol–water partition coefficient (Wildman–Crippen LogP) is 2.34. The van der Waals surface area contributed by atoms with E-state index in [-0.39, 0.29) is 23.1 Å². The quantitative estimate of drug-likeness (QED) is 0.890. The fourth-order valence-corrected chi connectivity index (χ4v) is 3.45. The number of nitrogens with one attached hydrogen (secondary N) is 2. The summed E-state index contributed by atoms with van der Waals surface area (Å²) in [7, 11) is 0. The van der Waals surface area contributed by atoms with Crippen molar-refractivity contribution in [1.29, 1.82) is 0 Å². The molecule has 2 heterocycles. The summed E-state index contributed by atoms with van der Waals surface area (Å²) in [4.78, 5) is 27.5. The molecule has 0 spiro atoms. The van der Waals surface area contributed by atoms with Crippen LogP contribution >= 0.6 is 11.8 Å². The molecule has 0 unspecified atom stereocenters. The van der Waals surface area contributed by atoms with Gasteiger partial charge in [0, 0.05) is 16.8 Å². The number of carbonyl (C=O) groups excluding carboxylic acids is 1. The third-order valence-electron chi connectivity index (χ3n) is 3.33. The summed E-state index contributed by atoms with van der Waals surface area (Å²) >= 11 is 1.80. The molecule has 0 bridgehead atoms. The van der Waals surface area contributed by atoms with Crippen LogP contribution in [0.5, 0.6) is 0 Å². The van der Waals surface area contributed by atoms with E-state index in [2.05, 4.69) is 16.4 Å². The first kappa shape index (κ1) is 13.0. The average Bonchev–Trinajstić information content (AvgIpc) is 2.48. The number of rotatable bonds is 2. The van der Waals surface area contributed by atoms with E-state index in [1.54, 1.807) is 17.8 Å². The van der Waals surface area contributed by atoms with E-state index in [4.69, 9.17) is 0 Å². The Kier molecular flexibility index (Phi) is 3.60. The van der Waals surface area contributed by atoms with Gasteiger partial charge in [0.05, 0.1) is 6.04 Å². The summed E-state index contributed by atoms with van der Waals surface area (Å²) in [6, 6.07) is 11.2. The predicted molar refractivity (Wildman–Crippen MR) is 79.1 cm³/mol. The Balaban J connectivity index is 1.85. The number of carbonyl (C=O) groups is 1. The molecule has 5 heteroatoms. The van der Waals surface area contributed by atoms with Gasteiger partial charge in [-0.1, -0.05) is 18.2 Å². The molecule has 0 aliphatic carbocycles. The summed E-state index contributed by atoms with van der Waals surface area (Å²) in [6.45, 7) is 0. The molecule has 3 rings (SSSR count). The summed E-state index contributed by atoms with van der Waals surface area (Å²) in [5.41, 5.74) is 0.927. The first-order chi connectivity index (χ1) is 9.75. The van der Waals surface area contributed by atoms with Crippen LogP contribution in [0.4, 0.5) is 0 Å². The van der Waals surface area contributed by atoms with Crippen molar-refractivity contribution in [3.63, 3.8) is 0 Å². The maximum Gasteiger partial charge on any atom is 0.260 e. The molecule has 4 nitrogen and oxygen atoms in total. The molecular formula is C15H14N2O2S. The van der Waals surface area contributed by atoms with Crippen LogP contribution in [-0.4, -0.2) is 16.6 Å². The van der Waals surface area contributed by atoms with Gasteiger partial charge in [-0.2, -0.15) is 0 Å². The van der Waals surface area contributed by atoms with Crippen molar-refractivity contribution in [2.45, 2.75) is 17.4 Å². The van der Waals surface area contributed by atoms with Crippen molar-refractivity contribution >= 4 is 17.7 Å². The second kappa shape index (κ2) is 5.54. The number of aromatic nitrogens is 1. The van der Waals surface area contributed by atoms with Crippen molar-refractivity contribution < 1.29 is 4.79 Å². The molecule has 0 radical (unpaired) electrons. The van der Waals surface area contributed by atoms with Gasteiger partial charge in [0.25, 0.3) is 11.5 Å². The number of fused-ring (bicyclic) bond motifs is 1. The number of H-pyrrole nitrogens is 1. The zero-order valence-corrected chi connectivity index (χ0v) is 11.6. The Morgan fingerprint density at radius 1 is 1.25 bits per heavy atom. The number of thioether (sulfide) groups is 1. The molecule has 0 fully saturated rings. The summed E-state index contributed by atoms with van der Waals surface area (Å²) in [6.07, 6.45) is 2.39. The van der Waals surface area contributed by atoms with E-state index in [1.165, 1.54) is 17.2 Å². The normalized spacial score (nSPS) is 17.3. The molecule has 1 atom stereocenters. The SMILES string of the molecule is O=C(N[C@@H]1CCSc2ccccc21)c1ccc[nH]c1=O. The standard InChI is InChI=1S/C15H14N2O2S/c18-14-11(5-3-8-16-14)15(19)17-12-7-9-20-13-6-2-1-4-10(12)13/h1-6,8,12H,7,9H2,(H,16,18)(H,17,19)/t12-/m1/s1. The number of hydrogen-bond donors (Lipinski definition) is 2. The second-order valence-electron chi connectivity index (χ2n) is 4.61. The van der Waals surface area contributed by atoms with Gasteiger partial charge in [0.2, 0.25) is 0 Å². The number of hydrogen-bond acceptors (Lipinski definition) is 3. The van der Waals surface area contributed by atoms with E-state index in [9.17, 15) is 9.59 Å². The van der Waals surface area contributed by atoms with Crippen molar-refractivity contribution in [2.75, 3.05) is 5.75 Å². The first-order valence-electron chi connectivity index (χ1n) is 6.46. The zero-order chi connectivity index (χ0) is 13.9. The van der Waals surface area contributed by atoms with Crippen LogP contribution in [0, 0.1) is 0 Å². The lowest BCUT2D eigenvalue weighted by molar-refractivity contribution is 0.0933. The third kappa shape index (κ3) is 2.49. The maximum atomic E-state index is 12.2. The van der Waals surface area contributed by atoms with Gasteiger partial charge in [-0.05, 0) is 30.2 Å². The fourth-order valence-electron chi connectivity index (χ4n) is 2.33. The van der Waals surface area contributed by atoms with E-state index in [0.29, 0.717) is 0 Å². The van der Waals surface area contributed by atoms with E-state index < -0.39 is 0 Å². The largest absolute Gasteiger partial charge is 0.345 e. The van der Waals surface area contributed by atoms with Crippen molar-refractivity contribution in [1.82, 2.24) is 10.3 Å². The first-order valence-corrected chi connectivity index (χ1v) is 7.44. The Morgan fingerprint density at radius 2 is 2.10 bits per heavy atom. The van der Waals surface area contributed by atoms with Crippen molar-refractivity contribution in [2.24, 2.45) is 0 Å². The fraction of sp³-hybridized carbons (Fsp3) is 0.200. The number of aromatic amines is 1. The number of benzene rings is 1. The Bertz CT molecular complexity index is 696. The van der Waals surface area contributed by atoms with Crippen LogP contribution in [0.15, 0.2) is 52.3 Å². The van der Waals surface area contributed by atoms with Gasteiger partial charge in [-0.25, -0.2) is 0 Å². The van der Waals surface area contributed by atoms with Crippen molar-refractivity contribution in [3.05, 3.63) is 64.1 Å². The molecule has 1 aliphatic rings. The van der Waals surface area contributed by atoms with Gasteiger partial charge in [-0.3, -0.25) is 9.59 Å². The van der Waals surface area contributed by atoms with Crippen LogP contribution in [-0.2, 0) is 0 Å². The van der Waals surface area contributed by atoms with Gasteiger partial charge in [0.15, 0.2) is 0 Å².